The van der Waals surface area contributed by atoms with Gasteiger partial charge in [-0.2, -0.15) is 5.10 Å². The number of nitrogens with zero attached hydrogens (tertiary/aromatic N) is 3. The number of halogens is 2. The zero-order chi connectivity index (χ0) is 27.1. The summed E-state index contributed by atoms with van der Waals surface area (Å²) in [6.07, 6.45) is 0. The number of rotatable bonds is 6. The van der Waals surface area contributed by atoms with E-state index in [1.54, 1.807) is 80.7 Å². The Balaban J connectivity index is 1.81. The van der Waals surface area contributed by atoms with Crippen molar-refractivity contribution in [3.63, 3.8) is 0 Å². The van der Waals surface area contributed by atoms with Gasteiger partial charge in [0.25, 0.3) is 5.91 Å². The van der Waals surface area contributed by atoms with Crippen molar-refractivity contribution in [2.45, 2.75) is 24.9 Å². The lowest BCUT2D eigenvalue weighted by atomic mass is 9.77. The highest BCUT2D eigenvalue weighted by molar-refractivity contribution is 7.12. The van der Waals surface area contributed by atoms with Crippen LogP contribution in [0.1, 0.15) is 48.8 Å². The van der Waals surface area contributed by atoms with Crippen LogP contribution < -0.4 is 5.73 Å². The number of benzene rings is 2. The Kier molecular flexibility index (Phi) is 7.13. The lowest BCUT2D eigenvalue weighted by Gasteiger charge is -2.30. The number of hydrogen-bond acceptors (Lipinski definition) is 5. The third kappa shape index (κ3) is 4.42. The van der Waals surface area contributed by atoms with Crippen molar-refractivity contribution in [3.05, 3.63) is 110 Å². The third-order valence-electron chi connectivity index (χ3n) is 7.03. The summed E-state index contributed by atoms with van der Waals surface area (Å²) in [5.41, 5.74) is 8.13. The molecule has 10 heteroatoms. The Hall–Kier alpha value is -3.46. The van der Waals surface area contributed by atoms with Crippen molar-refractivity contribution in [2.24, 2.45) is 18.7 Å². The van der Waals surface area contributed by atoms with E-state index < -0.39 is 35.7 Å². The number of carbonyl (C=O) groups excluding carboxylic acids is 3. The zero-order valence-electron chi connectivity index (χ0n) is 20.5. The van der Waals surface area contributed by atoms with E-state index in [-0.39, 0.29) is 10.9 Å². The second kappa shape index (κ2) is 10.4. The first-order chi connectivity index (χ1) is 18.2. The van der Waals surface area contributed by atoms with Crippen LogP contribution >= 0.6 is 34.5 Å². The van der Waals surface area contributed by atoms with Crippen molar-refractivity contribution >= 4 is 52.1 Å². The number of Topliss-reactive ketones (excluding diaryl/α,β-unsaturated/α-hetero) is 1. The van der Waals surface area contributed by atoms with Gasteiger partial charge in [0.05, 0.1) is 22.5 Å². The minimum absolute atomic E-state index is 0.209. The van der Waals surface area contributed by atoms with Crippen LogP contribution in [-0.2, 0) is 11.8 Å². The Morgan fingerprint density at radius 2 is 1.66 bits per heavy atom. The summed E-state index contributed by atoms with van der Waals surface area (Å²) >= 11 is 14.2. The topological polar surface area (TPSA) is 98.3 Å². The van der Waals surface area contributed by atoms with Gasteiger partial charge in [-0.25, -0.2) is 0 Å². The fraction of sp³-hybridized carbons (Fsp3) is 0.214. The molecular formula is C28H24Cl2N4O3S. The number of carbonyl (C=O) groups is 3. The highest BCUT2D eigenvalue weighted by Gasteiger charge is 2.58. The third-order valence-corrected chi connectivity index (χ3v) is 8.61. The van der Waals surface area contributed by atoms with Crippen LogP contribution in [0.3, 0.4) is 0 Å². The molecule has 3 heterocycles. The lowest BCUT2D eigenvalue weighted by molar-refractivity contribution is -0.122. The number of nitrogens with two attached hydrogens (primary N) is 1. The van der Waals surface area contributed by atoms with Crippen LogP contribution in [-0.4, -0.2) is 38.3 Å². The molecule has 2 aromatic carbocycles. The molecule has 4 atom stereocenters. The predicted octanol–water partition coefficient (Wildman–Crippen LogP) is 5.43. The van der Waals surface area contributed by atoms with E-state index in [0.717, 1.165) is 0 Å². The first kappa shape index (κ1) is 26.2. The van der Waals surface area contributed by atoms with Gasteiger partial charge in [-0.3, -0.25) is 19.1 Å². The number of ketones is 1. The predicted molar refractivity (Wildman–Crippen MR) is 148 cm³/mol. The second-order valence-electron chi connectivity index (χ2n) is 9.23. The molecule has 2 aromatic heterocycles. The fourth-order valence-electron chi connectivity index (χ4n) is 5.47. The Labute approximate surface area is 233 Å². The van der Waals surface area contributed by atoms with Crippen LogP contribution in [0.2, 0.25) is 10.2 Å². The summed E-state index contributed by atoms with van der Waals surface area (Å²) in [6, 6.07) is 17.0. The van der Waals surface area contributed by atoms with Gasteiger partial charge < -0.3 is 10.6 Å². The summed E-state index contributed by atoms with van der Waals surface area (Å²) < 4.78 is 1.50. The molecule has 1 aliphatic heterocycles. The van der Waals surface area contributed by atoms with E-state index >= 15 is 0 Å². The van der Waals surface area contributed by atoms with Gasteiger partial charge in [-0.05, 0) is 48.2 Å². The molecule has 0 saturated carbocycles. The zero-order valence-corrected chi connectivity index (χ0v) is 22.9. The highest BCUT2D eigenvalue weighted by atomic mass is 35.5. The molecule has 2 amide bonds. The largest absolute Gasteiger partial charge is 0.368 e. The van der Waals surface area contributed by atoms with E-state index in [0.29, 0.717) is 32.3 Å². The molecule has 4 unspecified atom stereocenters. The molecule has 1 saturated heterocycles. The average Bonchev–Trinajstić information content (AvgIpc) is 3.61. The highest BCUT2D eigenvalue weighted by Crippen LogP contribution is 2.53. The molecule has 1 fully saturated rings. The number of aryl methyl sites for hydroxylation is 2. The summed E-state index contributed by atoms with van der Waals surface area (Å²) in [6.45, 7) is 1.77. The molecular weight excluding hydrogens is 543 g/mol. The summed E-state index contributed by atoms with van der Waals surface area (Å²) in [7, 11) is 1.69. The van der Waals surface area contributed by atoms with Crippen molar-refractivity contribution in [1.82, 2.24) is 14.7 Å². The maximum absolute atomic E-state index is 14.3. The Bertz CT molecular complexity index is 1500. The smallest absolute Gasteiger partial charge is 0.255 e. The summed E-state index contributed by atoms with van der Waals surface area (Å²) in [5.74, 6) is -3.00. The first-order valence-electron chi connectivity index (χ1n) is 11.9. The van der Waals surface area contributed by atoms with Gasteiger partial charge in [0.1, 0.15) is 11.2 Å². The summed E-state index contributed by atoms with van der Waals surface area (Å²) in [5, 5.41) is 7.06. The van der Waals surface area contributed by atoms with Gasteiger partial charge >= 0.3 is 0 Å². The number of primary amides is 1. The van der Waals surface area contributed by atoms with Gasteiger partial charge in [0.2, 0.25) is 5.91 Å². The van der Waals surface area contributed by atoms with Crippen LogP contribution in [0, 0.1) is 12.8 Å². The quantitative estimate of drug-likeness (QED) is 0.314. The molecule has 2 N–H and O–H groups in total. The van der Waals surface area contributed by atoms with Crippen molar-refractivity contribution < 1.29 is 14.4 Å². The first-order valence-corrected chi connectivity index (χ1v) is 13.5. The Morgan fingerprint density at radius 1 is 0.974 bits per heavy atom. The SMILES string of the molecule is Cc1nn(C)c(Cl)c1C1C(C(=O)c2cccs2)C(c2ccc(Cl)cc2)C(C(N)=O)N1C(=O)c1ccccc1. The van der Waals surface area contributed by atoms with Crippen LogP contribution in [0.4, 0.5) is 0 Å². The second-order valence-corrected chi connectivity index (χ2v) is 11.0. The standard InChI is InChI=1S/C28H24Cl2N4O3S/c1-15-20(26(30)33(2)32-15)23-22(25(35)19-9-6-14-38-19)21(16-10-12-18(29)13-11-16)24(27(31)36)34(23)28(37)17-7-4-3-5-8-17/h3-14,21-24H,1-2H3,(H2,31,36). The number of likely N-dealkylation sites (tertiary alicyclic amines) is 1. The minimum atomic E-state index is -1.14. The molecule has 0 aliphatic carbocycles. The van der Waals surface area contributed by atoms with Gasteiger partial charge in [-0.15, -0.1) is 11.3 Å². The molecule has 0 bridgehead atoms. The normalized spacial score (nSPS) is 21.0. The molecule has 5 rings (SSSR count). The molecule has 194 valence electrons. The fourth-order valence-corrected chi connectivity index (χ4v) is 6.60. The Morgan fingerprint density at radius 3 is 2.21 bits per heavy atom. The van der Waals surface area contributed by atoms with E-state index in [1.165, 1.54) is 20.9 Å². The average molecular weight is 567 g/mol. The lowest BCUT2D eigenvalue weighted by Crippen LogP contribution is -2.46. The number of amides is 2. The minimum Gasteiger partial charge on any atom is -0.368 e. The van der Waals surface area contributed by atoms with Gasteiger partial charge in [0.15, 0.2) is 5.78 Å². The molecule has 7 nitrogen and oxygen atoms in total. The van der Waals surface area contributed by atoms with Crippen LogP contribution in [0.25, 0.3) is 0 Å². The van der Waals surface area contributed by atoms with E-state index in [9.17, 15) is 14.4 Å². The maximum Gasteiger partial charge on any atom is 0.255 e. The van der Waals surface area contributed by atoms with Gasteiger partial charge in [0, 0.05) is 29.1 Å². The molecule has 4 aromatic rings. The van der Waals surface area contributed by atoms with E-state index in [4.69, 9.17) is 28.9 Å². The van der Waals surface area contributed by atoms with Crippen molar-refractivity contribution in [2.75, 3.05) is 0 Å². The number of thiophene rings is 1. The van der Waals surface area contributed by atoms with Crippen LogP contribution in [0.15, 0.2) is 72.1 Å². The number of aromatic nitrogens is 2. The monoisotopic (exact) mass is 566 g/mol. The molecule has 1 aliphatic rings. The summed E-state index contributed by atoms with van der Waals surface area (Å²) in [4.78, 5) is 43.6. The van der Waals surface area contributed by atoms with E-state index in [2.05, 4.69) is 5.10 Å². The van der Waals surface area contributed by atoms with Crippen molar-refractivity contribution in [1.29, 1.82) is 0 Å². The van der Waals surface area contributed by atoms with E-state index in [1.807, 2.05) is 5.38 Å². The molecule has 38 heavy (non-hydrogen) atoms. The van der Waals surface area contributed by atoms with Crippen LogP contribution in [0.5, 0.6) is 0 Å². The van der Waals surface area contributed by atoms with Crippen molar-refractivity contribution in [3.8, 4) is 0 Å². The molecule has 0 spiro atoms. The van der Waals surface area contributed by atoms with Gasteiger partial charge in [-0.1, -0.05) is 59.6 Å². The number of hydrogen-bond donors (Lipinski definition) is 1. The molecule has 0 radical (unpaired) electrons. The maximum atomic E-state index is 14.3.